The maximum Gasteiger partial charge on any atom is 0.227 e. The second kappa shape index (κ2) is 8.81. The van der Waals surface area contributed by atoms with E-state index in [2.05, 4.69) is 6.92 Å². The van der Waals surface area contributed by atoms with Gasteiger partial charge in [-0.05, 0) is 37.5 Å². The van der Waals surface area contributed by atoms with E-state index in [9.17, 15) is 14.0 Å². The Bertz CT molecular complexity index is 559. The first-order chi connectivity index (χ1) is 11.5. The molecule has 1 atom stereocenters. The zero-order valence-electron chi connectivity index (χ0n) is 14.6. The molecule has 1 aromatic rings. The number of nitrogens with zero attached hydrogens (tertiary/aromatic N) is 2. The molecule has 24 heavy (non-hydrogen) atoms. The molecule has 1 saturated heterocycles. The Morgan fingerprint density at radius 2 is 2.00 bits per heavy atom. The quantitative estimate of drug-likeness (QED) is 0.733. The number of carbonyl (C=O) groups is 2. The van der Waals surface area contributed by atoms with Gasteiger partial charge in [-0.2, -0.15) is 0 Å². The first-order valence-corrected chi connectivity index (χ1v) is 8.86. The summed E-state index contributed by atoms with van der Waals surface area (Å²) in [5.41, 5.74) is 0.997. The summed E-state index contributed by atoms with van der Waals surface area (Å²) < 4.78 is 12.9. The molecule has 1 aliphatic heterocycles. The fraction of sp³-hybridized carbons (Fsp3) is 0.579. The van der Waals surface area contributed by atoms with Crippen molar-refractivity contribution < 1.29 is 14.0 Å². The molecule has 0 bridgehead atoms. The Labute approximate surface area is 143 Å². The van der Waals surface area contributed by atoms with E-state index in [0.29, 0.717) is 32.5 Å². The van der Waals surface area contributed by atoms with Gasteiger partial charge >= 0.3 is 0 Å². The summed E-state index contributed by atoms with van der Waals surface area (Å²) in [7, 11) is 0. The minimum absolute atomic E-state index is 0.0435. The minimum Gasteiger partial charge on any atom is -0.343 e. The highest BCUT2D eigenvalue weighted by atomic mass is 19.1. The molecule has 1 aromatic carbocycles. The third-order valence-electron chi connectivity index (χ3n) is 4.62. The lowest BCUT2D eigenvalue weighted by molar-refractivity contribution is -0.135. The van der Waals surface area contributed by atoms with Crippen molar-refractivity contribution in [1.82, 2.24) is 9.80 Å². The van der Waals surface area contributed by atoms with Gasteiger partial charge in [-0.3, -0.25) is 9.59 Å². The van der Waals surface area contributed by atoms with Crippen LogP contribution in [0.5, 0.6) is 0 Å². The number of unbranched alkanes of at least 4 members (excludes halogenated alkanes) is 1. The summed E-state index contributed by atoms with van der Waals surface area (Å²) in [6.45, 7) is 6.63. The second-order valence-electron chi connectivity index (χ2n) is 6.39. The predicted molar refractivity (Wildman–Crippen MR) is 92.0 cm³/mol. The van der Waals surface area contributed by atoms with Gasteiger partial charge in [0, 0.05) is 32.6 Å². The van der Waals surface area contributed by atoms with Crippen molar-refractivity contribution in [2.45, 2.75) is 39.5 Å². The summed E-state index contributed by atoms with van der Waals surface area (Å²) in [4.78, 5) is 28.4. The van der Waals surface area contributed by atoms with Gasteiger partial charge in [0.25, 0.3) is 0 Å². The second-order valence-corrected chi connectivity index (χ2v) is 6.39. The lowest BCUT2D eigenvalue weighted by Crippen LogP contribution is -2.38. The maximum atomic E-state index is 12.9. The van der Waals surface area contributed by atoms with Crippen LogP contribution in [0.1, 0.15) is 38.7 Å². The van der Waals surface area contributed by atoms with Gasteiger partial charge in [0.2, 0.25) is 11.8 Å². The summed E-state index contributed by atoms with van der Waals surface area (Å²) in [5.74, 6) is -0.332. The first kappa shape index (κ1) is 18.4. The molecular formula is C19H27FN2O2. The molecule has 0 aromatic heterocycles. The maximum absolute atomic E-state index is 12.9. The monoisotopic (exact) mass is 334 g/mol. The Balaban J connectivity index is 1.87. The summed E-state index contributed by atoms with van der Waals surface area (Å²) >= 11 is 0. The topological polar surface area (TPSA) is 40.6 Å². The zero-order chi connectivity index (χ0) is 17.5. The third-order valence-corrected chi connectivity index (χ3v) is 4.62. The molecule has 1 aliphatic rings. The van der Waals surface area contributed by atoms with Crippen molar-refractivity contribution in [3.05, 3.63) is 35.6 Å². The van der Waals surface area contributed by atoms with E-state index in [1.165, 1.54) is 12.1 Å². The van der Waals surface area contributed by atoms with E-state index in [1.807, 2.05) is 11.8 Å². The molecule has 2 rings (SSSR count). The molecular weight excluding hydrogens is 307 g/mol. The first-order valence-electron chi connectivity index (χ1n) is 8.86. The van der Waals surface area contributed by atoms with E-state index in [-0.39, 0.29) is 23.5 Å². The van der Waals surface area contributed by atoms with Gasteiger partial charge in [-0.15, -0.1) is 0 Å². The molecule has 132 valence electrons. The van der Waals surface area contributed by atoms with Crippen LogP contribution in [0, 0.1) is 11.7 Å². The van der Waals surface area contributed by atoms with Crippen LogP contribution in [0.2, 0.25) is 0 Å². The van der Waals surface area contributed by atoms with Crippen molar-refractivity contribution in [1.29, 1.82) is 0 Å². The molecule has 0 saturated carbocycles. The molecule has 0 spiro atoms. The van der Waals surface area contributed by atoms with Crippen LogP contribution in [-0.2, 0) is 16.0 Å². The van der Waals surface area contributed by atoms with Crippen molar-refractivity contribution in [3.8, 4) is 0 Å². The summed E-state index contributed by atoms with van der Waals surface area (Å²) in [6.07, 6.45) is 3.04. The smallest absolute Gasteiger partial charge is 0.227 e. The summed E-state index contributed by atoms with van der Waals surface area (Å²) in [6, 6.07) is 6.34. The minimum atomic E-state index is -0.256. The average molecular weight is 334 g/mol. The van der Waals surface area contributed by atoms with Gasteiger partial charge in [-0.1, -0.05) is 25.5 Å². The molecule has 4 nitrogen and oxygen atoms in total. The lowest BCUT2D eigenvalue weighted by atomic mass is 10.1. The normalized spacial score (nSPS) is 17.4. The van der Waals surface area contributed by atoms with Gasteiger partial charge in [0.15, 0.2) is 0 Å². The van der Waals surface area contributed by atoms with Crippen molar-refractivity contribution in [3.63, 3.8) is 0 Å². The molecule has 5 heteroatoms. The van der Waals surface area contributed by atoms with E-state index in [4.69, 9.17) is 0 Å². The fourth-order valence-corrected chi connectivity index (χ4v) is 3.10. The third kappa shape index (κ3) is 4.79. The Hall–Kier alpha value is -1.91. The van der Waals surface area contributed by atoms with Crippen LogP contribution in [0.4, 0.5) is 4.39 Å². The van der Waals surface area contributed by atoms with Crippen molar-refractivity contribution in [2.75, 3.05) is 26.2 Å². The Morgan fingerprint density at radius 1 is 1.29 bits per heavy atom. The fourth-order valence-electron chi connectivity index (χ4n) is 3.10. The number of carbonyl (C=O) groups excluding carboxylic acids is 2. The lowest BCUT2D eigenvalue weighted by Gasteiger charge is -2.24. The van der Waals surface area contributed by atoms with E-state index in [1.54, 1.807) is 17.0 Å². The number of benzene rings is 1. The average Bonchev–Trinajstić information content (AvgIpc) is 2.96. The van der Waals surface area contributed by atoms with Crippen LogP contribution in [0.3, 0.4) is 0 Å². The molecule has 1 heterocycles. The van der Waals surface area contributed by atoms with Crippen LogP contribution < -0.4 is 0 Å². The van der Waals surface area contributed by atoms with E-state index >= 15 is 0 Å². The Morgan fingerprint density at radius 3 is 2.62 bits per heavy atom. The van der Waals surface area contributed by atoms with Crippen LogP contribution in [0.25, 0.3) is 0 Å². The zero-order valence-corrected chi connectivity index (χ0v) is 14.6. The van der Waals surface area contributed by atoms with Gasteiger partial charge in [-0.25, -0.2) is 4.39 Å². The standard InChI is InChI=1S/C19H27FN2O2/c1-3-5-11-21(4-2)19(24)16-13-18(23)22(14-16)12-10-15-6-8-17(20)9-7-15/h6-9,16H,3-5,10-14H2,1-2H3. The number of likely N-dealkylation sites (tertiary alicyclic amines) is 1. The highest BCUT2D eigenvalue weighted by molar-refractivity contribution is 5.89. The number of hydrogen-bond acceptors (Lipinski definition) is 2. The van der Waals surface area contributed by atoms with E-state index in [0.717, 1.165) is 24.9 Å². The van der Waals surface area contributed by atoms with Crippen LogP contribution in [-0.4, -0.2) is 47.8 Å². The van der Waals surface area contributed by atoms with Gasteiger partial charge < -0.3 is 9.80 Å². The number of hydrogen-bond donors (Lipinski definition) is 0. The Kier molecular flexibility index (Phi) is 6.76. The van der Waals surface area contributed by atoms with Gasteiger partial charge in [0.1, 0.15) is 5.82 Å². The number of halogens is 1. The molecule has 0 N–H and O–H groups in total. The molecule has 2 amide bonds. The number of rotatable bonds is 8. The van der Waals surface area contributed by atoms with E-state index < -0.39 is 0 Å². The SMILES string of the molecule is CCCCN(CC)C(=O)C1CC(=O)N(CCc2ccc(F)cc2)C1. The van der Waals surface area contributed by atoms with Crippen molar-refractivity contribution >= 4 is 11.8 Å². The molecule has 1 unspecified atom stereocenters. The van der Waals surface area contributed by atoms with Crippen molar-refractivity contribution in [2.24, 2.45) is 5.92 Å². The molecule has 0 radical (unpaired) electrons. The summed E-state index contributed by atoms with van der Waals surface area (Å²) in [5, 5.41) is 0. The highest BCUT2D eigenvalue weighted by Crippen LogP contribution is 2.21. The van der Waals surface area contributed by atoms with Crippen LogP contribution in [0.15, 0.2) is 24.3 Å². The molecule has 0 aliphatic carbocycles. The number of amides is 2. The largest absolute Gasteiger partial charge is 0.343 e. The molecule has 1 fully saturated rings. The predicted octanol–water partition coefficient (Wildman–Crippen LogP) is 2.87. The van der Waals surface area contributed by atoms with Crippen LogP contribution >= 0.6 is 0 Å². The highest BCUT2D eigenvalue weighted by Gasteiger charge is 2.35. The van der Waals surface area contributed by atoms with Gasteiger partial charge in [0.05, 0.1) is 5.92 Å².